The fourth-order valence-corrected chi connectivity index (χ4v) is 6.04. The van der Waals surface area contributed by atoms with E-state index in [-0.39, 0.29) is 5.41 Å². The normalized spacial score (nSPS) is 17.0. The van der Waals surface area contributed by atoms with Crippen molar-refractivity contribution in [1.82, 2.24) is 0 Å². The summed E-state index contributed by atoms with van der Waals surface area (Å²) in [6, 6.07) is 17.2. The number of fused-ring (bicyclic) bond motifs is 1. The van der Waals surface area contributed by atoms with Crippen molar-refractivity contribution < 1.29 is 0 Å². The predicted molar refractivity (Wildman–Crippen MR) is 119 cm³/mol. The van der Waals surface area contributed by atoms with Crippen LogP contribution in [0.2, 0.25) is 25.7 Å². The lowest BCUT2D eigenvalue weighted by atomic mass is 9.79. The Hall–Kier alpha value is -1.60. The van der Waals surface area contributed by atoms with Gasteiger partial charge >= 0.3 is 0 Å². The predicted octanol–water partition coefficient (Wildman–Crippen LogP) is 7.41. The van der Waals surface area contributed by atoms with Crippen LogP contribution in [-0.4, -0.2) is 8.07 Å². The van der Waals surface area contributed by atoms with E-state index in [1.165, 1.54) is 33.9 Å². The summed E-state index contributed by atoms with van der Waals surface area (Å²) in [5, 5.41) is 0. The van der Waals surface area contributed by atoms with Gasteiger partial charge in [-0.1, -0.05) is 101 Å². The van der Waals surface area contributed by atoms with Gasteiger partial charge in [-0.2, -0.15) is 0 Å². The van der Waals surface area contributed by atoms with Gasteiger partial charge in [-0.25, -0.2) is 0 Å². The summed E-state index contributed by atoms with van der Waals surface area (Å²) < 4.78 is 0. The molecule has 0 nitrogen and oxygen atoms in total. The highest BCUT2D eigenvalue weighted by molar-refractivity contribution is 6.76. The Labute approximate surface area is 161 Å². The molecule has 0 aromatic heterocycles. The van der Waals surface area contributed by atoms with Crippen LogP contribution in [0.4, 0.5) is 0 Å². The van der Waals surface area contributed by atoms with Crippen LogP contribution in [0.25, 0.3) is 6.08 Å². The maximum atomic E-state index is 2.51. The van der Waals surface area contributed by atoms with Crippen LogP contribution in [0.1, 0.15) is 61.4 Å². The first-order chi connectivity index (χ1) is 12.1. The third-order valence-corrected chi connectivity index (χ3v) is 7.43. The molecule has 0 aliphatic heterocycles. The minimum absolute atomic E-state index is 0.175. The third kappa shape index (κ3) is 3.60. The monoisotopic (exact) mass is 362 g/mol. The van der Waals surface area contributed by atoms with Crippen LogP contribution in [-0.2, 0) is 11.8 Å². The number of aryl methyl sites for hydroxylation is 1. The molecular weight excluding hydrogens is 328 g/mol. The summed E-state index contributed by atoms with van der Waals surface area (Å²) in [7, 11) is -1.13. The molecule has 1 unspecified atom stereocenters. The van der Waals surface area contributed by atoms with Gasteiger partial charge in [0.15, 0.2) is 0 Å². The molecule has 0 radical (unpaired) electrons. The van der Waals surface area contributed by atoms with E-state index in [1.807, 2.05) is 0 Å². The largest absolute Gasteiger partial charge is 0.0693 e. The average molecular weight is 363 g/mol. The van der Waals surface area contributed by atoms with E-state index in [1.54, 1.807) is 5.57 Å². The molecule has 0 saturated heterocycles. The molecule has 2 aromatic rings. The summed E-state index contributed by atoms with van der Waals surface area (Å²) in [5.74, 6) is 0.439. The van der Waals surface area contributed by atoms with E-state index in [0.29, 0.717) is 5.92 Å². The van der Waals surface area contributed by atoms with Gasteiger partial charge in [0, 0.05) is 19.4 Å². The summed E-state index contributed by atoms with van der Waals surface area (Å²) >= 11 is 0. The zero-order chi connectivity index (χ0) is 19.1. The fraction of sp³-hybridized carbons (Fsp3) is 0.440. The quantitative estimate of drug-likeness (QED) is 0.486. The number of hydrogen-bond acceptors (Lipinski definition) is 0. The second-order valence-electron chi connectivity index (χ2n) is 9.66. The van der Waals surface area contributed by atoms with Crippen LogP contribution in [0, 0.1) is 0 Å². The Morgan fingerprint density at radius 2 is 1.65 bits per heavy atom. The molecule has 1 atom stereocenters. The van der Waals surface area contributed by atoms with Crippen molar-refractivity contribution in [2.24, 2.45) is 0 Å². The highest BCUT2D eigenvalue weighted by Crippen LogP contribution is 2.46. The van der Waals surface area contributed by atoms with Crippen LogP contribution in [0.3, 0.4) is 0 Å². The molecule has 2 aromatic carbocycles. The van der Waals surface area contributed by atoms with Gasteiger partial charge in [0.2, 0.25) is 0 Å². The standard InChI is InChI=1S/C25H34Si/c1-8-19-16-24-21(14-22(25(24,3)4)17-26(5,6)7)15-23(19)18(2)20-12-10-9-11-13-20/h9-16,18H,8,17H2,1-7H3. The molecule has 0 fully saturated rings. The molecule has 3 rings (SSSR count). The van der Waals surface area contributed by atoms with Gasteiger partial charge in [0.1, 0.15) is 0 Å². The van der Waals surface area contributed by atoms with E-state index < -0.39 is 8.07 Å². The molecule has 1 heteroatoms. The zero-order valence-corrected chi connectivity index (χ0v) is 18.6. The lowest BCUT2D eigenvalue weighted by Gasteiger charge is -2.29. The van der Waals surface area contributed by atoms with Crippen molar-refractivity contribution in [3.8, 4) is 0 Å². The molecule has 0 heterocycles. The molecule has 26 heavy (non-hydrogen) atoms. The topological polar surface area (TPSA) is 0 Å². The van der Waals surface area contributed by atoms with Gasteiger partial charge in [0.05, 0.1) is 0 Å². The number of benzene rings is 2. The molecule has 1 aliphatic carbocycles. The molecule has 0 amide bonds. The van der Waals surface area contributed by atoms with Crippen molar-refractivity contribution in [2.75, 3.05) is 0 Å². The zero-order valence-electron chi connectivity index (χ0n) is 17.6. The molecule has 0 spiro atoms. The van der Waals surface area contributed by atoms with Gasteiger partial charge in [0.25, 0.3) is 0 Å². The smallest absolute Gasteiger partial charge is 0.0483 e. The second-order valence-corrected chi connectivity index (χ2v) is 15.1. The summed E-state index contributed by atoms with van der Waals surface area (Å²) in [4.78, 5) is 0. The Kier molecular flexibility index (Phi) is 5.05. The van der Waals surface area contributed by atoms with E-state index in [2.05, 4.69) is 95.9 Å². The fourth-order valence-electron chi connectivity index (χ4n) is 4.35. The Morgan fingerprint density at radius 3 is 2.23 bits per heavy atom. The number of allylic oxidation sites excluding steroid dienone is 1. The Balaban J connectivity index is 2.07. The highest BCUT2D eigenvalue weighted by atomic mass is 28.3. The first-order valence-electron chi connectivity index (χ1n) is 10.1. The number of rotatable bonds is 5. The van der Waals surface area contributed by atoms with Gasteiger partial charge in [-0.05, 0) is 40.3 Å². The van der Waals surface area contributed by atoms with E-state index >= 15 is 0 Å². The third-order valence-electron chi connectivity index (χ3n) is 5.98. The highest BCUT2D eigenvalue weighted by Gasteiger charge is 2.35. The first-order valence-corrected chi connectivity index (χ1v) is 13.8. The van der Waals surface area contributed by atoms with Gasteiger partial charge in [-0.15, -0.1) is 0 Å². The lowest BCUT2D eigenvalue weighted by molar-refractivity contribution is 0.635. The minimum Gasteiger partial charge on any atom is -0.0693 e. The minimum atomic E-state index is -1.13. The second kappa shape index (κ2) is 6.85. The van der Waals surface area contributed by atoms with Crippen molar-refractivity contribution in [3.63, 3.8) is 0 Å². The van der Waals surface area contributed by atoms with Crippen LogP contribution < -0.4 is 0 Å². The summed E-state index contributed by atoms with van der Waals surface area (Å²) in [5.41, 5.74) is 9.22. The molecule has 0 N–H and O–H groups in total. The van der Waals surface area contributed by atoms with Crippen molar-refractivity contribution in [1.29, 1.82) is 0 Å². The van der Waals surface area contributed by atoms with Crippen molar-refractivity contribution >= 4 is 14.1 Å². The Morgan fingerprint density at radius 1 is 1.00 bits per heavy atom. The molecule has 1 aliphatic rings. The molecule has 138 valence electrons. The first kappa shape index (κ1) is 19.2. The van der Waals surface area contributed by atoms with Gasteiger partial charge < -0.3 is 0 Å². The molecule has 0 saturated carbocycles. The summed E-state index contributed by atoms with van der Waals surface area (Å²) in [6.07, 6.45) is 3.60. The molecular formula is C25H34Si. The number of hydrogen-bond donors (Lipinski definition) is 0. The van der Waals surface area contributed by atoms with Crippen LogP contribution >= 0.6 is 0 Å². The lowest BCUT2D eigenvalue weighted by Crippen LogP contribution is -2.26. The van der Waals surface area contributed by atoms with Crippen molar-refractivity contribution in [2.45, 2.75) is 71.1 Å². The van der Waals surface area contributed by atoms with Crippen LogP contribution in [0.15, 0.2) is 48.0 Å². The Bertz CT molecular complexity index is 819. The average Bonchev–Trinajstić information content (AvgIpc) is 2.82. The van der Waals surface area contributed by atoms with Crippen LogP contribution in [0.5, 0.6) is 0 Å². The maximum absolute atomic E-state index is 2.51. The van der Waals surface area contributed by atoms with E-state index in [0.717, 1.165) is 6.42 Å². The summed E-state index contributed by atoms with van der Waals surface area (Å²) in [6.45, 7) is 16.9. The van der Waals surface area contributed by atoms with E-state index in [9.17, 15) is 0 Å². The van der Waals surface area contributed by atoms with E-state index in [4.69, 9.17) is 0 Å². The SMILES string of the molecule is CCc1cc2c(cc1C(C)c1ccccc1)C=C(C[Si](C)(C)C)C2(C)C. The van der Waals surface area contributed by atoms with Crippen molar-refractivity contribution in [3.05, 3.63) is 75.9 Å². The van der Waals surface area contributed by atoms with Gasteiger partial charge in [-0.3, -0.25) is 0 Å². The maximum Gasteiger partial charge on any atom is 0.0483 e. The molecule has 0 bridgehead atoms.